The minimum absolute atomic E-state index is 0.363. The second-order valence-corrected chi connectivity index (χ2v) is 3.03. The van der Waals surface area contributed by atoms with Gasteiger partial charge in [-0.05, 0) is 13.0 Å². The average Bonchev–Trinajstić information content (AvgIpc) is 2.23. The summed E-state index contributed by atoms with van der Waals surface area (Å²) in [5, 5.41) is 8.39. The van der Waals surface area contributed by atoms with E-state index in [1.807, 2.05) is 0 Å². The third-order valence-electron chi connectivity index (χ3n) is 1.77. The van der Waals surface area contributed by atoms with Gasteiger partial charge in [0, 0.05) is 6.07 Å². The van der Waals surface area contributed by atoms with Crippen LogP contribution in [0.25, 0.3) is 0 Å². The van der Waals surface area contributed by atoms with Gasteiger partial charge in [0.1, 0.15) is 17.7 Å². The van der Waals surface area contributed by atoms with E-state index in [1.165, 1.54) is 6.92 Å². The first-order chi connectivity index (χ1) is 7.45. The molecule has 16 heavy (non-hydrogen) atoms. The van der Waals surface area contributed by atoms with Gasteiger partial charge in [0.15, 0.2) is 6.10 Å². The molecule has 0 bridgehead atoms. The molecule has 0 aromatic heterocycles. The van der Waals surface area contributed by atoms with Crippen molar-refractivity contribution in [2.75, 3.05) is 5.73 Å². The maximum atomic E-state index is 13.2. The topological polar surface area (TPSA) is 76.1 Å². The average molecular weight is 226 g/mol. The molecular formula is C10H8F2N2O2. The number of halogens is 2. The Morgan fingerprint density at radius 1 is 1.50 bits per heavy atom. The van der Waals surface area contributed by atoms with E-state index in [0.717, 1.165) is 6.07 Å². The van der Waals surface area contributed by atoms with E-state index < -0.39 is 29.3 Å². The maximum absolute atomic E-state index is 13.2. The van der Waals surface area contributed by atoms with Crippen LogP contribution in [0.4, 0.5) is 14.5 Å². The van der Waals surface area contributed by atoms with E-state index in [2.05, 4.69) is 4.74 Å². The number of hydrogen-bond acceptors (Lipinski definition) is 4. The standard InChI is InChI=1S/C10H8F2N2O2/c1-5(4-13)16-10(15)6-2-9(14)8(12)3-7(6)11/h2-3,5H,14H2,1H3. The number of carbonyl (C=O) groups excluding carboxylic acids is 1. The van der Waals surface area contributed by atoms with Gasteiger partial charge in [-0.15, -0.1) is 0 Å². The van der Waals surface area contributed by atoms with Gasteiger partial charge in [0.2, 0.25) is 0 Å². The number of ether oxygens (including phenoxy) is 1. The Balaban J connectivity index is 3.01. The zero-order chi connectivity index (χ0) is 12.3. The summed E-state index contributed by atoms with van der Waals surface area (Å²) in [4.78, 5) is 11.3. The molecule has 6 heteroatoms. The summed E-state index contributed by atoms with van der Waals surface area (Å²) in [5.74, 6) is -3.09. The lowest BCUT2D eigenvalue weighted by atomic mass is 10.2. The van der Waals surface area contributed by atoms with Crippen molar-refractivity contribution in [3.8, 4) is 6.07 Å². The van der Waals surface area contributed by atoms with E-state index in [4.69, 9.17) is 11.0 Å². The minimum Gasteiger partial charge on any atom is -0.444 e. The molecule has 1 rings (SSSR count). The summed E-state index contributed by atoms with van der Waals surface area (Å²) in [7, 11) is 0. The van der Waals surface area contributed by atoms with Crippen LogP contribution in [-0.4, -0.2) is 12.1 Å². The van der Waals surface area contributed by atoms with Crippen molar-refractivity contribution >= 4 is 11.7 Å². The van der Waals surface area contributed by atoms with E-state index in [-0.39, 0.29) is 5.69 Å². The number of nitriles is 1. The highest BCUT2D eigenvalue weighted by molar-refractivity contribution is 5.91. The summed E-state index contributed by atoms with van der Waals surface area (Å²) < 4.78 is 30.5. The highest BCUT2D eigenvalue weighted by Crippen LogP contribution is 2.17. The van der Waals surface area contributed by atoms with Crippen LogP contribution in [0, 0.1) is 23.0 Å². The lowest BCUT2D eigenvalue weighted by Gasteiger charge is -2.07. The Morgan fingerprint density at radius 2 is 2.12 bits per heavy atom. The first-order valence-corrected chi connectivity index (χ1v) is 4.30. The maximum Gasteiger partial charge on any atom is 0.342 e. The van der Waals surface area contributed by atoms with Gasteiger partial charge in [-0.1, -0.05) is 0 Å². The molecule has 0 saturated heterocycles. The van der Waals surface area contributed by atoms with Crippen LogP contribution in [0.5, 0.6) is 0 Å². The number of rotatable bonds is 2. The van der Waals surface area contributed by atoms with E-state index in [9.17, 15) is 13.6 Å². The highest BCUT2D eigenvalue weighted by Gasteiger charge is 2.18. The van der Waals surface area contributed by atoms with Gasteiger partial charge < -0.3 is 10.5 Å². The van der Waals surface area contributed by atoms with E-state index >= 15 is 0 Å². The summed E-state index contributed by atoms with van der Waals surface area (Å²) in [6.45, 7) is 1.32. The third kappa shape index (κ3) is 2.45. The van der Waals surface area contributed by atoms with Gasteiger partial charge in [-0.3, -0.25) is 0 Å². The molecule has 1 aromatic rings. The molecule has 2 N–H and O–H groups in total. The molecule has 0 aliphatic carbocycles. The van der Waals surface area contributed by atoms with Gasteiger partial charge >= 0.3 is 5.97 Å². The zero-order valence-corrected chi connectivity index (χ0v) is 8.33. The Labute approximate surface area is 90.2 Å². The number of anilines is 1. The molecule has 4 nitrogen and oxygen atoms in total. The van der Waals surface area contributed by atoms with Crippen molar-refractivity contribution in [3.05, 3.63) is 29.3 Å². The van der Waals surface area contributed by atoms with Crippen LogP contribution in [0.3, 0.4) is 0 Å². The normalized spacial score (nSPS) is 11.6. The summed E-state index contributed by atoms with van der Waals surface area (Å²) in [6, 6.07) is 2.96. The monoisotopic (exact) mass is 226 g/mol. The van der Waals surface area contributed by atoms with Crippen LogP contribution >= 0.6 is 0 Å². The van der Waals surface area contributed by atoms with E-state index in [1.54, 1.807) is 6.07 Å². The predicted molar refractivity (Wildman–Crippen MR) is 51.3 cm³/mol. The van der Waals surface area contributed by atoms with Gasteiger partial charge in [-0.25, -0.2) is 13.6 Å². The predicted octanol–water partition coefficient (Wildman–Crippen LogP) is 1.62. The summed E-state index contributed by atoms with van der Waals surface area (Å²) in [5.41, 5.74) is 4.31. The zero-order valence-electron chi connectivity index (χ0n) is 8.33. The summed E-state index contributed by atoms with van der Waals surface area (Å²) >= 11 is 0. The molecule has 0 heterocycles. The number of nitrogens with zero attached hydrogens (tertiary/aromatic N) is 1. The van der Waals surface area contributed by atoms with Crippen LogP contribution in [0.2, 0.25) is 0 Å². The molecule has 0 aliphatic heterocycles. The second-order valence-electron chi connectivity index (χ2n) is 3.03. The molecule has 1 atom stereocenters. The molecule has 0 aliphatic rings. The molecule has 1 aromatic carbocycles. The molecule has 84 valence electrons. The van der Waals surface area contributed by atoms with E-state index in [0.29, 0.717) is 6.07 Å². The minimum atomic E-state index is -1.08. The van der Waals surface area contributed by atoms with Crippen LogP contribution in [-0.2, 0) is 4.74 Å². The van der Waals surface area contributed by atoms with Gasteiger partial charge in [0.25, 0.3) is 0 Å². The molecule has 1 unspecified atom stereocenters. The van der Waals surface area contributed by atoms with Crippen molar-refractivity contribution in [2.45, 2.75) is 13.0 Å². The fourth-order valence-electron chi connectivity index (χ4n) is 0.973. The van der Waals surface area contributed by atoms with Crippen molar-refractivity contribution in [2.24, 2.45) is 0 Å². The lowest BCUT2D eigenvalue weighted by molar-refractivity contribution is 0.0430. The van der Waals surface area contributed by atoms with Crippen molar-refractivity contribution in [1.82, 2.24) is 0 Å². The Kier molecular flexibility index (Phi) is 3.40. The van der Waals surface area contributed by atoms with Gasteiger partial charge in [0.05, 0.1) is 11.3 Å². The van der Waals surface area contributed by atoms with Crippen LogP contribution in [0.1, 0.15) is 17.3 Å². The molecule has 0 radical (unpaired) electrons. The van der Waals surface area contributed by atoms with Crippen LogP contribution < -0.4 is 5.73 Å². The quantitative estimate of drug-likeness (QED) is 0.614. The smallest absolute Gasteiger partial charge is 0.342 e. The van der Waals surface area contributed by atoms with Crippen molar-refractivity contribution in [3.63, 3.8) is 0 Å². The number of nitrogens with two attached hydrogens (primary N) is 1. The van der Waals surface area contributed by atoms with Crippen molar-refractivity contribution < 1.29 is 18.3 Å². The first kappa shape index (κ1) is 11.9. The number of benzene rings is 1. The molecular weight excluding hydrogens is 218 g/mol. The molecule has 0 amide bonds. The fourth-order valence-corrected chi connectivity index (χ4v) is 0.973. The lowest BCUT2D eigenvalue weighted by Crippen LogP contribution is -2.15. The SMILES string of the molecule is CC(C#N)OC(=O)c1cc(N)c(F)cc1F. The van der Waals surface area contributed by atoms with Crippen LogP contribution in [0.15, 0.2) is 12.1 Å². The number of carbonyl (C=O) groups is 1. The third-order valence-corrected chi connectivity index (χ3v) is 1.77. The Hall–Kier alpha value is -2.16. The Bertz CT molecular complexity index is 469. The van der Waals surface area contributed by atoms with Gasteiger partial charge in [-0.2, -0.15) is 5.26 Å². The first-order valence-electron chi connectivity index (χ1n) is 4.30. The fraction of sp³-hybridized carbons (Fsp3) is 0.200. The molecule has 0 spiro atoms. The Morgan fingerprint density at radius 3 is 2.69 bits per heavy atom. The highest BCUT2D eigenvalue weighted by atomic mass is 19.1. The number of esters is 1. The number of hydrogen-bond donors (Lipinski definition) is 1. The van der Waals surface area contributed by atoms with Crippen molar-refractivity contribution in [1.29, 1.82) is 5.26 Å². The molecule has 0 saturated carbocycles. The second kappa shape index (κ2) is 4.57. The summed E-state index contributed by atoms with van der Waals surface area (Å²) in [6.07, 6.45) is -1.02. The largest absolute Gasteiger partial charge is 0.444 e. The number of nitrogen functional groups attached to an aromatic ring is 1. The molecule has 0 fully saturated rings.